The number of hydrogen-bond acceptors (Lipinski definition) is 5. The maximum Gasteiger partial charge on any atom is 0.313 e. The Morgan fingerprint density at radius 1 is 0.903 bits per heavy atom. The molecule has 7 nitrogen and oxygen atoms in total. The van der Waals surface area contributed by atoms with Gasteiger partial charge >= 0.3 is 5.97 Å². The van der Waals surface area contributed by atoms with E-state index in [0.29, 0.717) is 28.3 Å². The van der Waals surface area contributed by atoms with Gasteiger partial charge in [0.05, 0.1) is 20.3 Å². The number of hydrogen-bond donors (Lipinski definition) is 2. The molecule has 0 saturated carbocycles. The van der Waals surface area contributed by atoms with Gasteiger partial charge in [0, 0.05) is 11.3 Å². The maximum absolute atomic E-state index is 13.6. The number of carboxylic acids is 1. The summed E-state index contributed by atoms with van der Waals surface area (Å²) < 4.78 is 10.5. The number of carbonyl (C=O) groups excluding carboxylic acids is 1. The van der Waals surface area contributed by atoms with Crippen LogP contribution in [0.25, 0.3) is 0 Å². The van der Waals surface area contributed by atoms with E-state index in [0.717, 1.165) is 0 Å². The number of ether oxygens (including phenoxy) is 2. The number of benzene rings is 3. The molecular weight excluding hydrogens is 398 g/mol. The van der Waals surface area contributed by atoms with Crippen molar-refractivity contribution in [1.29, 1.82) is 0 Å². The van der Waals surface area contributed by atoms with Gasteiger partial charge in [0.25, 0.3) is 5.91 Å². The Labute approximate surface area is 179 Å². The lowest BCUT2D eigenvalue weighted by Crippen LogP contribution is -2.45. The molecule has 1 heterocycles. The highest BCUT2D eigenvalue weighted by Gasteiger charge is 2.45. The van der Waals surface area contributed by atoms with Crippen LogP contribution >= 0.6 is 0 Å². The molecule has 1 aliphatic rings. The lowest BCUT2D eigenvalue weighted by molar-refractivity contribution is -0.139. The van der Waals surface area contributed by atoms with Crippen molar-refractivity contribution in [3.63, 3.8) is 0 Å². The van der Waals surface area contributed by atoms with Crippen LogP contribution in [0.1, 0.15) is 33.4 Å². The fourth-order valence-electron chi connectivity index (χ4n) is 4.00. The zero-order chi connectivity index (χ0) is 22.1. The Hall–Kier alpha value is -4.00. The van der Waals surface area contributed by atoms with E-state index in [-0.39, 0.29) is 17.2 Å². The predicted octanol–water partition coefficient (Wildman–Crippen LogP) is 3.98. The lowest BCUT2D eigenvalue weighted by atomic mass is 9.79. The Morgan fingerprint density at radius 3 is 2.10 bits per heavy atom. The first kappa shape index (κ1) is 20.3. The molecule has 0 bridgehead atoms. The molecular formula is C24H21NO6. The second-order valence-electron chi connectivity index (χ2n) is 7.18. The number of rotatable bonds is 5. The summed E-state index contributed by atoms with van der Waals surface area (Å²) in [5.41, 5.74) is 1.82. The normalized spacial score (nSPS) is 17.7. The Balaban J connectivity index is 1.96. The number of carboxylic acid groups (broad SMARTS) is 1. The first-order valence-electron chi connectivity index (χ1n) is 9.62. The van der Waals surface area contributed by atoms with E-state index in [2.05, 4.69) is 0 Å². The molecule has 0 aromatic heterocycles. The third kappa shape index (κ3) is 3.54. The predicted molar refractivity (Wildman–Crippen MR) is 114 cm³/mol. The smallest absolute Gasteiger partial charge is 0.313 e. The van der Waals surface area contributed by atoms with Crippen LogP contribution in [0.5, 0.6) is 17.2 Å². The number of carbonyl (C=O) groups is 2. The number of aliphatic carboxylic acids is 1. The molecule has 0 aliphatic carbocycles. The molecule has 158 valence electrons. The van der Waals surface area contributed by atoms with Gasteiger partial charge in [-0.2, -0.15) is 0 Å². The monoisotopic (exact) mass is 419 g/mol. The van der Waals surface area contributed by atoms with Crippen LogP contribution < -0.4 is 14.4 Å². The summed E-state index contributed by atoms with van der Waals surface area (Å²) in [6.45, 7) is 0. The minimum absolute atomic E-state index is 0.0473. The lowest BCUT2D eigenvalue weighted by Gasteiger charge is -2.41. The molecule has 1 amide bonds. The van der Waals surface area contributed by atoms with E-state index in [9.17, 15) is 19.8 Å². The summed E-state index contributed by atoms with van der Waals surface area (Å²) in [4.78, 5) is 27.6. The average molecular weight is 419 g/mol. The molecule has 4 rings (SSSR count). The van der Waals surface area contributed by atoms with Crippen LogP contribution in [0.3, 0.4) is 0 Å². The van der Waals surface area contributed by atoms with Gasteiger partial charge in [0.2, 0.25) is 0 Å². The molecule has 3 aromatic carbocycles. The topological polar surface area (TPSA) is 96.3 Å². The third-order valence-electron chi connectivity index (χ3n) is 5.49. The van der Waals surface area contributed by atoms with Gasteiger partial charge in [0.1, 0.15) is 23.2 Å². The van der Waals surface area contributed by atoms with Crippen molar-refractivity contribution < 1.29 is 29.3 Å². The Morgan fingerprint density at radius 2 is 1.52 bits per heavy atom. The average Bonchev–Trinajstić information content (AvgIpc) is 2.79. The van der Waals surface area contributed by atoms with Gasteiger partial charge in [-0.15, -0.1) is 0 Å². The van der Waals surface area contributed by atoms with Crippen LogP contribution in [0.2, 0.25) is 0 Å². The van der Waals surface area contributed by atoms with Crippen LogP contribution in [0, 0.1) is 0 Å². The van der Waals surface area contributed by atoms with E-state index in [1.807, 2.05) is 0 Å². The zero-order valence-corrected chi connectivity index (χ0v) is 17.0. The van der Waals surface area contributed by atoms with Crippen LogP contribution in [0.15, 0.2) is 66.7 Å². The number of fused-ring (bicyclic) bond motifs is 1. The summed E-state index contributed by atoms with van der Waals surface area (Å²) in [5, 5.41) is 19.9. The first-order valence-corrected chi connectivity index (χ1v) is 9.62. The molecule has 7 heteroatoms. The number of amides is 1. The highest BCUT2D eigenvalue weighted by molar-refractivity contribution is 6.11. The van der Waals surface area contributed by atoms with Crippen molar-refractivity contribution in [2.24, 2.45) is 0 Å². The maximum atomic E-state index is 13.6. The number of nitrogens with zero attached hydrogens (tertiary/aromatic N) is 1. The van der Waals surface area contributed by atoms with E-state index in [1.165, 1.54) is 24.1 Å². The van der Waals surface area contributed by atoms with Gasteiger partial charge in [-0.25, -0.2) is 0 Å². The number of methoxy groups -OCH3 is 2. The van der Waals surface area contributed by atoms with Gasteiger partial charge in [0.15, 0.2) is 0 Å². The second-order valence-corrected chi connectivity index (χ2v) is 7.18. The number of phenols is 1. The molecule has 2 atom stereocenters. The third-order valence-corrected chi connectivity index (χ3v) is 5.49. The fraction of sp³-hybridized carbons (Fsp3) is 0.167. The van der Waals surface area contributed by atoms with Gasteiger partial charge in [-0.05, 0) is 59.7 Å². The summed E-state index contributed by atoms with van der Waals surface area (Å²) in [5.74, 6) is -1.28. The first-order chi connectivity index (χ1) is 14.9. The molecule has 0 fully saturated rings. The zero-order valence-electron chi connectivity index (χ0n) is 17.0. The second kappa shape index (κ2) is 8.02. The van der Waals surface area contributed by atoms with Gasteiger partial charge < -0.3 is 19.7 Å². The standard InChI is InChI=1S/C24H21NO6/c1-30-17-9-3-14(4-10-17)22-21(24(28)29)19-12-11-18(31-2)13-20(19)23(27)25(22)15-5-7-16(26)8-6-15/h3-13,21-22,26H,1-2H3,(H,28,29)/t21-,22-/m1/s1. The highest BCUT2D eigenvalue weighted by Crippen LogP contribution is 2.46. The molecule has 0 saturated heterocycles. The largest absolute Gasteiger partial charge is 0.508 e. The molecule has 31 heavy (non-hydrogen) atoms. The summed E-state index contributed by atoms with van der Waals surface area (Å²) in [6, 6.07) is 17.1. The van der Waals surface area contributed by atoms with Crippen molar-refractivity contribution in [2.75, 3.05) is 19.1 Å². The molecule has 2 N–H and O–H groups in total. The number of phenolic OH excluding ortho intramolecular Hbond substituents is 1. The number of anilines is 1. The minimum Gasteiger partial charge on any atom is -0.508 e. The van der Waals surface area contributed by atoms with E-state index in [4.69, 9.17) is 9.47 Å². The molecule has 3 aromatic rings. The molecule has 0 spiro atoms. The quantitative estimate of drug-likeness (QED) is 0.649. The fourth-order valence-corrected chi connectivity index (χ4v) is 4.00. The highest BCUT2D eigenvalue weighted by atomic mass is 16.5. The molecule has 0 radical (unpaired) electrons. The van der Waals surface area contributed by atoms with Crippen molar-refractivity contribution in [1.82, 2.24) is 0 Å². The summed E-state index contributed by atoms with van der Waals surface area (Å²) in [7, 11) is 3.03. The Bertz CT molecular complexity index is 1120. The van der Waals surface area contributed by atoms with E-state index >= 15 is 0 Å². The van der Waals surface area contributed by atoms with E-state index < -0.39 is 17.9 Å². The SMILES string of the molecule is COc1ccc([C@@H]2[C@H](C(=O)O)c3ccc(OC)cc3C(=O)N2c2ccc(O)cc2)cc1. The summed E-state index contributed by atoms with van der Waals surface area (Å²) >= 11 is 0. The van der Waals surface area contributed by atoms with Gasteiger partial charge in [-0.1, -0.05) is 18.2 Å². The molecule has 1 aliphatic heterocycles. The van der Waals surface area contributed by atoms with Crippen LogP contribution in [-0.2, 0) is 4.79 Å². The van der Waals surface area contributed by atoms with Gasteiger partial charge in [-0.3, -0.25) is 14.5 Å². The summed E-state index contributed by atoms with van der Waals surface area (Å²) in [6.07, 6.45) is 0. The van der Waals surface area contributed by atoms with Crippen molar-refractivity contribution in [3.8, 4) is 17.2 Å². The van der Waals surface area contributed by atoms with Crippen molar-refractivity contribution in [3.05, 3.63) is 83.4 Å². The number of aromatic hydroxyl groups is 1. The van der Waals surface area contributed by atoms with Crippen molar-refractivity contribution >= 4 is 17.6 Å². The molecule has 0 unspecified atom stereocenters. The van der Waals surface area contributed by atoms with Crippen LogP contribution in [0.4, 0.5) is 5.69 Å². The minimum atomic E-state index is -1.05. The van der Waals surface area contributed by atoms with E-state index in [1.54, 1.807) is 61.7 Å². The van der Waals surface area contributed by atoms with Crippen molar-refractivity contribution in [2.45, 2.75) is 12.0 Å². The Kier molecular flexibility index (Phi) is 5.25. The van der Waals surface area contributed by atoms with Crippen LogP contribution in [-0.4, -0.2) is 36.3 Å².